The van der Waals surface area contributed by atoms with Crippen molar-refractivity contribution in [2.45, 2.75) is 6.92 Å². The van der Waals surface area contributed by atoms with Gasteiger partial charge in [0.15, 0.2) is 0 Å². The molecule has 0 radical (unpaired) electrons. The maximum Gasteiger partial charge on any atom is 0.248 e. The molecule has 5 nitrogen and oxygen atoms in total. The van der Waals surface area contributed by atoms with Crippen molar-refractivity contribution in [2.24, 2.45) is 0 Å². The molecule has 25 heavy (non-hydrogen) atoms. The van der Waals surface area contributed by atoms with E-state index in [9.17, 15) is 4.79 Å². The number of hydrogen-bond acceptors (Lipinski definition) is 4. The first-order chi connectivity index (χ1) is 12.2. The van der Waals surface area contributed by atoms with Gasteiger partial charge in [0, 0.05) is 23.0 Å². The molecule has 2 aromatic carbocycles. The van der Waals surface area contributed by atoms with E-state index in [0.717, 1.165) is 22.6 Å². The third kappa shape index (κ3) is 4.51. The molecule has 1 amide bonds. The van der Waals surface area contributed by atoms with E-state index in [2.05, 4.69) is 20.6 Å². The number of carbonyl (C=O) groups excluding carboxylic acids is 1. The lowest BCUT2D eigenvalue weighted by atomic mass is 10.1. The second kappa shape index (κ2) is 7.88. The molecule has 3 rings (SSSR count). The van der Waals surface area contributed by atoms with Crippen molar-refractivity contribution in [3.8, 4) is 11.3 Å². The first-order valence-corrected chi connectivity index (χ1v) is 7.93. The average molecular weight is 330 g/mol. The molecule has 124 valence electrons. The zero-order chi connectivity index (χ0) is 17.5. The molecule has 2 N–H and O–H groups in total. The smallest absolute Gasteiger partial charge is 0.248 e. The van der Waals surface area contributed by atoms with Gasteiger partial charge in [0.25, 0.3) is 0 Å². The summed E-state index contributed by atoms with van der Waals surface area (Å²) in [5.41, 5.74) is 3.51. The number of rotatable bonds is 5. The van der Waals surface area contributed by atoms with Gasteiger partial charge >= 0.3 is 0 Å². The highest BCUT2D eigenvalue weighted by Gasteiger charge is 2.03. The maximum absolute atomic E-state index is 11.5. The minimum atomic E-state index is -0.147. The Morgan fingerprint density at radius 2 is 1.68 bits per heavy atom. The fraction of sp³-hybridized carbons (Fsp3) is 0.0500. The van der Waals surface area contributed by atoms with Crippen molar-refractivity contribution in [1.82, 2.24) is 9.97 Å². The van der Waals surface area contributed by atoms with Crippen LogP contribution in [-0.2, 0) is 4.79 Å². The van der Waals surface area contributed by atoms with E-state index >= 15 is 0 Å². The zero-order valence-electron chi connectivity index (χ0n) is 13.8. The molecule has 0 saturated carbocycles. The fourth-order valence-corrected chi connectivity index (χ4v) is 2.31. The summed E-state index contributed by atoms with van der Waals surface area (Å²) in [6, 6.07) is 19.3. The van der Waals surface area contributed by atoms with E-state index in [-0.39, 0.29) is 5.91 Å². The van der Waals surface area contributed by atoms with Gasteiger partial charge in [-0.15, -0.1) is 0 Å². The molecule has 0 aliphatic heterocycles. The van der Waals surface area contributed by atoms with Gasteiger partial charge in [-0.25, -0.2) is 9.97 Å². The van der Waals surface area contributed by atoms with E-state index in [1.165, 1.54) is 12.4 Å². The number of nitrogens with one attached hydrogen (secondary N) is 2. The molecule has 0 aliphatic carbocycles. The summed E-state index contributed by atoms with van der Waals surface area (Å²) < 4.78 is 0. The fourth-order valence-electron chi connectivity index (χ4n) is 2.31. The zero-order valence-corrected chi connectivity index (χ0v) is 13.8. The topological polar surface area (TPSA) is 66.9 Å². The van der Waals surface area contributed by atoms with Crippen LogP contribution in [0.1, 0.15) is 6.92 Å². The Hall–Kier alpha value is -3.47. The minimum absolute atomic E-state index is 0.147. The SMILES string of the molecule is C/C=C/C(=O)Nc1ccc(Nc2cc(-c3ccccc3)ncn2)cc1. The Morgan fingerprint density at radius 3 is 2.40 bits per heavy atom. The highest BCUT2D eigenvalue weighted by atomic mass is 16.1. The largest absolute Gasteiger partial charge is 0.340 e. The van der Waals surface area contributed by atoms with E-state index in [4.69, 9.17) is 0 Å². The molecule has 0 aliphatic rings. The van der Waals surface area contributed by atoms with Gasteiger partial charge in [0.1, 0.15) is 12.1 Å². The maximum atomic E-state index is 11.5. The van der Waals surface area contributed by atoms with Gasteiger partial charge < -0.3 is 10.6 Å². The number of allylic oxidation sites excluding steroid dienone is 1. The molecule has 0 unspecified atom stereocenters. The van der Waals surface area contributed by atoms with Crippen LogP contribution in [0.4, 0.5) is 17.2 Å². The van der Waals surface area contributed by atoms with Crippen LogP contribution in [0.5, 0.6) is 0 Å². The molecular weight excluding hydrogens is 312 g/mol. The van der Waals surface area contributed by atoms with Crippen LogP contribution in [0.15, 0.2) is 79.1 Å². The molecule has 0 bridgehead atoms. The van der Waals surface area contributed by atoms with Crippen LogP contribution < -0.4 is 10.6 Å². The lowest BCUT2D eigenvalue weighted by Gasteiger charge is -2.08. The number of benzene rings is 2. The number of amides is 1. The van der Waals surface area contributed by atoms with Crippen LogP contribution in [0.25, 0.3) is 11.3 Å². The van der Waals surface area contributed by atoms with E-state index in [1.54, 1.807) is 13.0 Å². The summed E-state index contributed by atoms with van der Waals surface area (Å²) in [5.74, 6) is 0.561. The third-order valence-corrected chi connectivity index (χ3v) is 3.48. The van der Waals surface area contributed by atoms with Gasteiger partial charge in [-0.2, -0.15) is 0 Å². The third-order valence-electron chi connectivity index (χ3n) is 3.48. The van der Waals surface area contributed by atoms with Crippen molar-refractivity contribution in [1.29, 1.82) is 0 Å². The van der Waals surface area contributed by atoms with Gasteiger partial charge in [0.2, 0.25) is 5.91 Å². The van der Waals surface area contributed by atoms with Crippen molar-refractivity contribution in [2.75, 3.05) is 10.6 Å². The molecule has 5 heteroatoms. The van der Waals surface area contributed by atoms with Crippen molar-refractivity contribution >= 4 is 23.1 Å². The van der Waals surface area contributed by atoms with Gasteiger partial charge in [-0.3, -0.25) is 4.79 Å². The van der Waals surface area contributed by atoms with E-state index in [0.29, 0.717) is 5.82 Å². The number of carbonyl (C=O) groups is 1. The van der Waals surface area contributed by atoms with Crippen LogP contribution in [0.3, 0.4) is 0 Å². The van der Waals surface area contributed by atoms with Crippen molar-refractivity contribution in [3.63, 3.8) is 0 Å². The molecule has 0 fully saturated rings. The van der Waals surface area contributed by atoms with Crippen LogP contribution >= 0.6 is 0 Å². The highest BCUT2D eigenvalue weighted by molar-refractivity contribution is 5.99. The van der Waals surface area contributed by atoms with E-state index in [1.807, 2.05) is 60.7 Å². The van der Waals surface area contributed by atoms with Crippen LogP contribution in [0.2, 0.25) is 0 Å². The molecule has 1 heterocycles. The van der Waals surface area contributed by atoms with Gasteiger partial charge in [-0.1, -0.05) is 36.4 Å². The van der Waals surface area contributed by atoms with Crippen molar-refractivity contribution in [3.05, 3.63) is 79.1 Å². The molecule has 0 saturated heterocycles. The summed E-state index contributed by atoms with van der Waals surface area (Å²) in [7, 11) is 0. The summed E-state index contributed by atoms with van der Waals surface area (Å²) in [4.78, 5) is 20.1. The van der Waals surface area contributed by atoms with E-state index < -0.39 is 0 Å². The summed E-state index contributed by atoms with van der Waals surface area (Å²) >= 11 is 0. The number of hydrogen-bond donors (Lipinski definition) is 2. The van der Waals surface area contributed by atoms with Gasteiger partial charge in [0.05, 0.1) is 5.69 Å². The second-order valence-corrected chi connectivity index (χ2v) is 5.35. The summed E-state index contributed by atoms with van der Waals surface area (Å²) in [6.45, 7) is 1.80. The molecule has 0 spiro atoms. The number of nitrogens with zero attached hydrogens (tertiary/aromatic N) is 2. The second-order valence-electron chi connectivity index (χ2n) is 5.35. The van der Waals surface area contributed by atoms with Crippen LogP contribution in [-0.4, -0.2) is 15.9 Å². The quantitative estimate of drug-likeness (QED) is 0.680. The molecule has 0 atom stereocenters. The standard InChI is InChI=1S/C20H18N4O/c1-2-6-20(25)24-17-11-9-16(10-12-17)23-19-13-18(21-14-22-19)15-7-4-3-5-8-15/h2-14H,1H3,(H,24,25)(H,21,22,23)/b6-2+. The lowest BCUT2D eigenvalue weighted by molar-refractivity contribution is -0.111. The normalized spacial score (nSPS) is 10.6. The minimum Gasteiger partial charge on any atom is -0.340 e. The Kier molecular flexibility index (Phi) is 5.16. The molecular formula is C20H18N4O. The highest BCUT2D eigenvalue weighted by Crippen LogP contribution is 2.21. The van der Waals surface area contributed by atoms with Crippen LogP contribution in [0, 0.1) is 0 Å². The average Bonchev–Trinajstić information content (AvgIpc) is 2.65. The number of anilines is 3. The van der Waals surface area contributed by atoms with Crippen molar-refractivity contribution < 1.29 is 4.79 Å². The Bertz CT molecular complexity index is 874. The Labute approximate surface area is 146 Å². The molecule has 1 aromatic heterocycles. The lowest BCUT2D eigenvalue weighted by Crippen LogP contribution is -2.07. The predicted molar refractivity (Wildman–Crippen MR) is 101 cm³/mol. The monoisotopic (exact) mass is 330 g/mol. The Balaban J connectivity index is 1.71. The molecule has 3 aromatic rings. The number of aromatic nitrogens is 2. The first-order valence-electron chi connectivity index (χ1n) is 7.93. The summed E-state index contributed by atoms with van der Waals surface area (Å²) in [5, 5.41) is 6.03. The Morgan fingerprint density at radius 1 is 0.960 bits per heavy atom. The van der Waals surface area contributed by atoms with Gasteiger partial charge in [-0.05, 0) is 37.3 Å². The predicted octanol–water partition coefficient (Wildman–Crippen LogP) is 4.40. The first kappa shape index (κ1) is 16.4. The summed E-state index contributed by atoms with van der Waals surface area (Å²) in [6.07, 6.45) is 4.72.